The minimum Gasteiger partial charge on any atom is -0.506 e. The SMILES string of the molecule is CNC(=O)c1cc(O)cnc1NC. The molecule has 0 saturated heterocycles. The van der Waals surface area contributed by atoms with Crippen molar-refractivity contribution in [2.75, 3.05) is 19.4 Å². The van der Waals surface area contributed by atoms with Crippen LogP contribution in [0.2, 0.25) is 0 Å². The number of carbonyl (C=O) groups excluding carboxylic acids is 1. The van der Waals surface area contributed by atoms with Gasteiger partial charge < -0.3 is 15.7 Å². The van der Waals surface area contributed by atoms with E-state index in [1.807, 2.05) is 0 Å². The van der Waals surface area contributed by atoms with Gasteiger partial charge >= 0.3 is 0 Å². The summed E-state index contributed by atoms with van der Waals surface area (Å²) in [7, 11) is 3.18. The second-order valence-corrected chi connectivity index (χ2v) is 2.42. The van der Waals surface area contributed by atoms with Crippen LogP contribution in [-0.2, 0) is 0 Å². The van der Waals surface area contributed by atoms with E-state index in [9.17, 15) is 4.79 Å². The molecular weight excluding hydrogens is 170 g/mol. The lowest BCUT2D eigenvalue weighted by atomic mass is 10.2. The Labute approximate surface area is 75.8 Å². The summed E-state index contributed by atoms with van der Waals surface area (Å²) in [4.78, 5) is 15.1. The summed E-state index contributed by atoms with van der Waals surface area (Å²) in [5, 5.41) is 14.3. The maximum Gasteiger partial charge on any atom is 0.254 e. The maximum atomic E-state index is 11.2. The molecule has 70 valence electrons. The standard InChI is InChI=1S/C8H11N3O2/c1-9-7-6(8(13)10-2)3-5(12)4-11-7/h3-4,12H,1-2H3,(H,9,11)(H,10,13). The van der Waals surface area contributed by atoms with Crippen molar-refractivity contribution >= 4 is 11.7 Å². The number of rotatable bonds is 2. The molecule has 0 spiro atoms. The van der Waals surface area contributed by atoms with Gasteiger partial charge in [0, 0.05) is 14.1 Å². The number of nitrogens with one attached hydrogen (secondary N) is 2. The Morgan fingerprint density at radius 3 is 2.77 bits per heavy atom. The first-order valence-corrected chi connectivity index (χ1v) is 3.78. The van der Waals surface area contributed by atoms with Crippen molar-refractivity contribution in [3.8, 4) is 5.75 Å². The van der Waals surface area contributed by atoms with E-state index in [0.717, 1.165) is 0 Å². The normalized spacial score (nSPS) is 9.38. The molecule has 0 aliphatic carbocycles. The molecule has 13 heavy (non-hydrogen) atoms. The second kappa shape index (κ2) is 3.75. The van der Waals surface area contributed by atoms with Crippen molar-refractivity contribution in [1.82, 2.24) is 10.3 Å². The minimum atomic E-state index is -0.284. The Hall–Kier alpha value is -1.78. The molecule has 0 atom stereocenters. The van der Waals surface area contributed by atoms with Crippen molar-refractivity contribution in [2.24, 2.45) is 0 Å². The fourth-order valence-corrected chi connectivity index (χ4v) is 0.961. The van der Waals surface area contributed by atoms with Crippen molar-refractivity contribution in [2.45, 2.75) is 0 Å². The average molecular weight is 181 g/mol. The molecule has 0 aromatic carbocycles. The van der Waals surface area contributed by atoms with Crippen LogP contribution < -0.4 is 10.6 Å². The summed E-state index contributed by atoms with van der Waals surface area (Å²) in [5.41, 5.74) is 0.324. The molecule has 0 fully saturated rings. The first kappa shape index (κ1) is 9.31. The van der Waals surface area contributed by atoms with Gasteiger partial charge in [0.05, 0.1) is 11.8 Å². The van der Waals surface area contributed by atoms with E-state index in [0.29, 0.717) is 11.4 Å². The quantitative estimate of drug-likeness (QED) is 0.608. The molecule has 0 aliphatic heterocycles. The van der Waals surface area contributed by atoms with Crippen LogP contribution >= 0.6 is 0 Å². The highest BCUT2D eigenvalue weighted by atomic mass is 16.3. The third-order valence-electron chi connectivity index (χ3n) is 1.58. The van der Waals surface area contributed by atoms with Gasteiger partial charge in [-0.3, -0.25) is 4.79 Å². The van der Waals surface area contributed by atoms with E-state index in [1.165, 1.54) is 19.3 Å². The average Bonchev–Trinajstić information content (AvgIpc) is 2.16. The summed E-state index contributed by atoms with van der Waals surface area (Å²) in [6.07, 6.45) is 1.28. The van der Waals surface area contributed by atoms with Gasteiger partial charge in [0.1, 0.15) is 11.6 Å². The summed E-state index contributed by atoms with van der Waals surface area (Å²) >= 11 is 0. The minimum absolute atomic E-state index is 0.0300. The van der Waals surface area contributed by atoms with E-state index in [4.69, 9.17) is 5.11 Å². The first-order chi connectivity index (χ1) is 6.19. The van der Waals surface area contributed by atoms with Crippen LogP contribution in [-0.4, -0.2) is 30.1 Å². The first-order valence-electron chi connectivity index (χ1n) is 3.78. The van der Waals surface area contributed by atoms with Gasteiger partial charge in [-0.2, -0.15) is 0 Å². The molecule has 1 amide bonds. The van der Waals surface area contributed by atoms with Gasteiger partial charge in [0.15, 0.2) is 0 Å². The molecule has 1 rings (SSSR count). The maximum absolute atomic E-state index is 11.2. The van der Waals surface area contributed by atoms with Gasteiger partial charge in [-0.25, -0.2) is 4.98 Å². The Bertz CT molecular complexity index is 325. The number of nitrogens with zero attached hydrogens (tertiary/aromatic N) is 1. The Morgan fingerprint density at radius 2 is 2.23 bits per heavy atom. The van der Waals surface area contributed by atoms with Crippen molar-refractivity contribution in [1.29, 1.82) is 0 Å². The molecule has 0 aliphatic rings. The highest BCUT2D eigenvalue weighted by Gasteiger charge is 2.10. The third-order valence-corrected chi connectivity index (χ3v) is 1.58. The lowest BCUT2D eigenvalue weighted by molar-refractivity contribution is 0.0963. The van der Waals surface area contributed by atoms with Gasteiger partial charge in [0.25, 0.3) is 5.91 Å². The zero-order valence-electron chi connectivity index (χ0n) is 7.46. The summed E-state index contributed by atoms with van der Waals surface area (Å²) < 4.78 is 0. The predicted octanol–water partition coefficient (Wildman–Crippen LogP) is 0.188. The number of amides is 1. The largest absolute Gasteiger partial charge is 0.506 e. The van der Waals surface area contributed by atoms with Gasteiger partial charge in [-0.05, 0) is 6.07 Å². The van der Waals surface area contributed by atoms with E-state index in [1.54, 1.807) is 7.05 Å². The number of hydrogen-bond acceptors (Lipinski definition) is 4. The second-order valence-electron chi connectivity index (χ2n) is 2.42. The summed E-state index contributed by atoms with van der Waals surface area (Å²) in [6, 6.07) is 1.36. The Balaban J connectivity index is 3.15. The third kappa shape index (κ3) is 1.87. The molecule has 0 bridgehead atoms. The fourth-order valence-electron chi connectivity index (χ4n) is 0.961. The van der Waals surface area contributed by atoms with Crippen LogP contribution in [0.1, 0.15) is 10.4 Å². The smallest absolute Gasteiger partial charge is 0.254 e. The summed E-state index contributed by atoms with van der Waals surface area (Å²) in [6.45, 7) is 0. The zero-order chi connectivity index (χ0) is 9.84. The molecule has 5 nitrogen and oxygen atoms in total. The molecule has 0 saturated carbocycles. The van der Waals surface area contributed by atoms with E-state index < -0.39 is 0 Å². The van der Waals surface area contributed by atoms with E-state index in [2.05, 4.69) is 15.6 Å². The number of carbonyl (C=O) groups is 1. The highest BCUT2D eigenvalue weighted by molar-refractivity contribution is 5.98. The Morgan fingerprint density at radius 1 is 1.54 bits per heavy atom. The van der Waals surface area contributed by atoms with Crippen LogP contribution in [0.4, 0.5) is 5.82 Å². The van der Waals surface area contributed by atoms with Crippen molar-refractivity contribution in [3.63, 3.8) is 0 Å². The monoisotopic (exact) mass is 181 g/mol. The number of hydrogen-bond donors (Lipinski definition) is 3. The van der Waals surface area contributed by atoms with E-state index in [-0.39, 0.29) is 11.7 Å². The molecule has 1 aromatic rings. The predicted molar refractivity (Wildman–Crippen MR) is 48.8 cm³/mol. The molecule has 3 N–H and O–H groups in total. The van der Waals surface area contributed by atoms with Gasteiger partial charge in [0.2, 0.25) is 0 Å². The number of pyridine rings is 1. The van der Waals surface area contributed by atoms with Gasteiger partial charge in [-0.15, -0.1) is 0 Å². The van der Waals surface area contributed by atoms with Crippen molar-refractivity contribution < 1.29 is 9.90 Å². The number of aromatic hydroxyl groups is 1. The molecule has 1 aromatic heterocycles. The molecule has 1 heterocycles. The lowest BCUT2D eigenvalue weighted by Crippen LogP contribution is -2.19. The van der Waals surface area contributed by atoms with Crippen LogP contribution in [0.15, 0.2) is 12.3 Å². The highest BCUT2D eigenvalue weighted by Crippen LogP contribution is 2.16. The van der Waals surface area contributed by atoms with Crippen LogP contribution in [0.25, 0.3) is 0 Å². The topological polar surface area (TPSA) is 74.2 Å². The number of aromatic nitrogens is 1. The molecular formula is C8H11N3O2. The molecule has 5 heteroatoms. The lowest BCUT2D eigenvalue weighted by Gasteiger charge is -2.06. The zero-order valence-corrected chi connectivity index (χ0v) is 7.46. The fraction of sp³-hybridized carbons (Fsp3) is 0.250. The van der Waals surface area contributed by atoms with Crippen LogP contribution in [0.3, 0.4) is 0 Å². The van der Waals surface area contributed by atoms with Gasteiger partial charge in [-0.1, -0.05) is 0 Å². The van der Waals surface area contributed by atoms with Crippen LogP contribution in [0.5, 0.6) is 5.75 Å². The van der Waals surface area contributed by atoms with Crippen LogP contribution in [0, 0.1) is 0 Å². The summed E-state index contributed by atoms with van der Waals surface area (Å²) in [5.74, 6) is 0.127. The van der Waals surface area contributed by atoms with Crippen molar-refractivity contribution in [3.05, 3.63) is 17.8 Å². The molecule has 0 radical (unpaired) electrons. The Kier molecular flexibility index (Phi) is 2.69. The molecule has 0 unspecified atom stereocenters. The van der Waals surface area contributed by atoms with E-state index >= 15 is 0 Å². The number of anilines is 1.